The van der Waals surface area contributed by atoms with Gasteiger partial charge >= 0.3 is 0 Å². The van der Waals surface area contributed by atoms with E-state index in [1.54, 1.807) is 25.2 Å². The fourth-order valence-electron chi connectivity index (χ4n) is 1.65. The molecule has 1 aliphatic carbocycles. The maximum Gasteiger partial charge on any atom is 0.268 e. The summed E-state index contributed by atoms with van der Waals surface area (Å²) in [6, 6.07) is 0. The Morgan fingerprint density at radius 2 is 2.25 bits per heavy atom. The van der Waals surface area contributed by atoms with Gasteiger partial charge in [-0.3, -0.25) is 9.59 Å². The van der Waals surface area contributed by atoms with Gasteiger partial charge in [0.05, 0.1) is 22.0 Å². The normalized spacial score (nSPS) is 14.3. The number of primary amides is 1. The summed E-state index contributed by atoms with van der Waals surface area (Å²) >= 11 is 7.01. The van der Waals surface area contributed by atoms with Crippen LogP contribution in [0.1, 0.15) is 21.8 Å². The molecule has 0 unspecified atom stereocenters. The summed E-state index contributed by atoms with van der Waals surface area (Å²) in [5, 5.41) is 2.97. The van der Waals surface area contributed by atoms with Gasteiger partial charge in [0, 0.05) is 0 Å². The molecule has 20 heavy (non-hydrogen) atoms. The molecule has 0 saturated carbocycles. The Balaban J connectivity index is 2.26. The molecule has 0 aliphatic heterocycles. The van der Waals surface area contributed by atoms with E-state index in [0.717, 1.165) is 11.5 Å². The smallest absolute Gasteiger partial charge is 0.268 e. The zero-order valence-electron chi connectivity index (χ0n) is 10.6. The number of nitrogens with two attached hydrogens (primary N) is 1. The summed E-state index contributed by atoms with van der Waals surface area (Å²) in [4.78, 5) is 23.9. The zero-order chi connectivity index (χ0) is 14.7. The average molecular weight is 310 g/mol. The summed E-state index contributed by atoms with van der Waals surface area (Å²) in [6.45, 7) is 1.72. The van der Waals surface area contributed by atoms with Crippen molar-refractivity contribution in [1.29, 1.82) is 0 Å². The van der Waals surface area contributed by atoms with E-state index in [9.17, 15) is 9.59 Å². The molecule has 1 aromatic heterocycles. The number of aromatic nitrogens is 1. The molecule has 0 bridgehead atoms. The minimum Gasteiger partial charge on any atom is -0.366 e. The number of amides is 2. The van der Waals surface area contributed by atoms with Crippen molar-refractivity contribution in [1.82, 2.24) is 9.69 Å². The minimum absolute atomic E-state index is 0.278. The highest BCUT2D eigenvalue weighted by Crippen LogP contribution is 2.24. The van der Waals surface area contributed by atoms with E-state index in [4.69, 9.17) is 17.3 Å². The Bertz CT molecular complexity index is 659. The Labute approximate surface area is 125 Å². The molecule has 0 spiro atoms. The van der Waals surface area contributed by atoms with Crippen LogP contribution in [0.3, 0.4) is 0 Å². The first-order valence-electron chi connectivity index (χ1n) is 5.81. The van der Waals surface area contributed by atoms with Crippen molar-refractivity contribution < 1.29 is 9.59 Å². The predicted molar refractivity (Wildman–Crippen MR) is 78.4 cm³/mol. The SMILES string of the molecule is Cc1nsc(C(=O)NC2=CC=CCC=C2C(N)=O)c1Cl. The van der Waals surface area contributed by atoms with Crippen LogP contribution in [-0.2, 0) is 4.79 Å². The summed E-state index contributed by atoms with van der Waals surface area (Å²) < 4.78 is 4.01. The van der Waals surface area contributed by atoms with E-state index in [2.05, 4.69) is 9.69 Å². The summed E-state index contributed by atoms with van der Waals surface area (Å²) in [7, 11) is 0. The molecule has 0 fully saturated rings. The lowest BCUT2D eigenvalue weighted by molar-refractivity contribution is -0.114. The maximum absolute atomic E-state index is 12.2. The summed E-state index contributed by atoms with van der Waals surface area (Å²) in [5.41, 5.74) is 6.55. The van der Waals surface area contributed by atoms with E-state index in [0.29, 0.717) is 27.7 Å². The second-order valence-electron chi connectivity index (χ2n) is 4.09. The lowest BCUT2D eigenvalue weighted by Crippen LogP contribution is -2.28. The molecule has 2 rings (SSSR count). The van der Waals surface area contributed by atoms with Gasteiger partial charge in [0.15, 0.2) is 0 Å². The third-order valence-electron chi connectivity index (χ3n) is 2.66. The van der Waals surface area contributed by atoms with E-state index in [1.165, 1.54) is 0 Å². The highest BCUT2D eigenvalue weighted by molar-refractivity contribution is 7.08. The molecule has 104 valence electrons. The molecule has 2 amide bonds. The molecular weight excluding hydrogens is 298 g/mol. The molecule has 1 aromatic rings. The molecule has 0 saturated heterocycles. The predicted octanol–water partition coefficient (Wildman–Crippen LogP) is 2.09. The molecule has 0 aromatic carbocycles. The van der Waals surface area contributed by atoms with Gasteiger partial charge in [0.2, 0.25) is 5.91 Å². The maximum atomic E-state index is 12.2. The summed E-state index contributed by atoms with van der Waals surface area (Å²) in [6.07, 6.45) is 7.48. The monoisotopic (exact) mass is 309 g/mol. The van der Waals surface area contributed by atoms with Gasteiger partial charge in [-0.2, -0.15) is 4.37 Å². The fourth-order valence-corrected chi connectivity index (χ4v) is 2.61. The van der Waals surface area contributed by atoms with Crippen molar-refractivity contribution in [2.75, 3.05) is 0 Å². The molecule has 0 atom stereocenters. The molecule has 1 aliphatic rings. The number of allylic oxidation sites excluding steroid dienone is 4. The van der Waals surface area contributed by atoms with Crippen molar-refractivity contribution in [3.05, 3.63) is 51.2 Å². The third-order valence-corrected chi connectivity index (χ3v) is 4.17. The van der Waals surface area contributed by atoms with Crippen LogP contribution in [0.4, 0.5) is 0 Å². The second-order valence-corrected chi connectivity index (χ2v) is 5.24. The van der Waals surface area contributed by atoms with Gasteiger partial charge in [0.25, 0.3) is 5.91 Å². The molecule has 7 heteroatoms. The van der Waals surface area contributed by atoms with E-state index >= 15 is 0 Å². The van der Waals surface area contributed by atoms with Crippen LogP contribution >= 0.6 is 23.1 Å². The quantitative estimate of drug-likeness (QED) is 0.896. The van der Waals surface area contributed by atoms with Crippen LogP contribution in [0.25, 0.3) is 0 Å². The molecular formula is C13H12ClN3O2S. The van der Waals surface area contributed by atoms with Crippen molar-refractivity contribution in [3.63, 3.8) is 0 Å². The zero-order valence-corrected chi connectivity index (χ0v) is 12.2. The van der Waals surface area contributed by atoms with Gasteiger partial charge in [-0.25, -0.2) is 0 Å². The fraction of sp³-hybridized carbons (Fsp3) is 0.154. The Hall–Kier alpha value is -1.92. The van der Waals surface area contributed by atoms with Crippen molar-refractivity contribution >= 4 is 34.9 Å². The van der Waals surface area contributed by atoms with E-state index < -0.39 is 11.8 Å². The van der Waals surface area contributed by atoms with Gasteiger partial charge in [-0.05, 0) is 31.0 Å². The largest absolute Gasteiger partial charge is 0.366 e. The van der Waals surface area contributed by atoms with Crippen LogP contribution in [0.5, 0.6) is 0 Å². The topological polar surface area (TPSA) is 85.1 Å². The van der Waals surface area contributed by atoms with Gasteiger partial charge in [0.1, 0.15) is 4.88 Å². The first-order valence-corrected chi connectivity index (χ1v) is 6.96. The Morgan fingerprint density at radius 3 is 2.85 bits per heavy atom. The second kappa shape index (κ2) is 6.02. The van der Waals surface area contributed by atoms with Crippen LogP contribution < -0.4 is 11.1 Å². The number of carbonyl (C=O) groups is 2. The lowest BCUT2D eigenvalue weighted by Gasteiger charge is -2.09. The lowest BCUT2D eigenvalue weighted by atomic mass is 10.1. The highest BCUT2D eigenvalue weighted by atomic mass is 35.5. The highest BCUT2D eigenvalue weighted by Gasteiger charge is 2.20. The molecule has 0 radical (unpaired) electrons. The number of nitrogens with zero attached hydrogens (tertiary/aromatic N) is 1. The first-order chi connectivity index (χ1) is 9.50. The molecule has 3 N–H and O–H groups in total. The number of nitrogens with one attached hydrogen (secondary N) is 1. The number of aryl methyl sites for hydroxylation is 1. The first kappa shape index (κ1) is 14.5. The van der Waals surface area contributed by atoms with E-state index in [1.807, 2.05) is 6.08 Å². The van der Waals surface area contributed by atoms with Crippen LogP contribution in [-0.4, -0.2) is 16.2 Å². The van der Waals surface area contributed by atoms with Crippen molar-refractivity contribution in [2.24, 2.45) is 5.73 Å². The Kier molecular flexibility index (Phi) is 4.36. The third kappa shape index (κ3) is 2.97. The number of halogens is 1. The number of carbonyl (C=O) groups excluding carboxylic acids is 2. The van der Waals surface area contributed by atoms with Crippen LogP contribution in [0.2, 0.25) is 5.02 Å². The van der Waals surface area contributed by atoms with Gasteiger partial charge in [-0.15, -0.1) is 0 Å². The van der Waals surface area contributed by atoms with Crippen molar-refractivity contribution in [2.45, 2.75) is 13.3 Å². The molecule has 1 heterocycles. The van der Waals surface area contributed by atoms with Crippen LogP contribution in [0, 0.1) is 6.92 Å². The number of hydrogen-bond donors (Lipinski definition) is 2. The van der Waals surface area contributed by atoms with E-state index in [-0.39, 0.29) is 5.57 Å². The van der Waals surface area contributed by atoms with Gasteiger partial charge < -0.3 is 11.1 Å². The van der Waals surface area contributed by atoms with Crippen molar-refractivity contribution in [3.8, 4) is 0 Å². The van der Waals surface area contributed by atoms with Gasteiger partial charge in [-0.1, -0.05) is 29.8 Å². The number of rotatable bonds is 3. The average Bonchev–Trinajstić information content (AvgIpc) is 2.62. The standard InChI is InChI=1S/C13H12ClN3O2S/c1-7-10(14)11(20-17-7)13(19)16-9-6-4-2-3-5-8(9)12(15)18/h2,4-6H,3H2,1H3,(H2,15,18)(H,16,19). The van der Waals surface area contributed by atoms with Crippen LogP contribution in [0.15, 0.2) is 35.6 Å². The minimum atomic E-state index is -0.591. The molecule has 5 nitrogen and oxygen atoms in total. The number of hydrogen-bond acceptors (Lipinski definition) is 4. The Morgan fingerprint density at radius 1 is 1.50 bits per heavy atom. The summed E-state index contributed by atoms with van der Waals surface area (Å²) in [5.74, 6) is -0.999.